The standard InChI is InChI=1S/C59H76N14O6S/c1-8-24-72-54(76)46-35-61-56(66-52(46)73(72)49-11-9-10-48(64-49)59(6,7)79)63-41-16-18-42(19-17-41)67-25-27-68(28-26-67)43-20-22-44(23-21-43)69-29-31-70(32-30-69)57(78)65-51(58(3,4)5)55(77)71-36-45(74)33-47(71)53(75)60-34-39-12-14-40(15-13-39)50-38(2)62-37-80-50/h8-19,35,37,43-45,47,51,74,79H,1,20-34,36H2,2-7H3,(H,60,75)(H,65,78)(H,61,63,66)/t43?,44?,45-,47+,51-/m1/s1. The highest BCUT2D eigenvalue weighted by molar-refractivity contribution is 7.13. The summed E-state index contributed by atoms with van der Waals surface area (Å²) in [6, 6.07) is 20.5. The molecule has 1 saturated carbocycles. The number of anilines is 3. The molecule has 2 aromatic carbocycles. The van der Waals surface area contributed by atoms with E-state index in [9.17, 15) is 29.4 Å². The van der Waals surface area contributed by atoms with Crippen molar-refractivity contribution < 1.29 is 24.6 Å². The molecular weight excluding hydrogens is 1030 g/mol. The van der Waals surface area contributed by atoms with Gasteiger partial charge in [0.15, 0.2) is 11.5 Å². The number of urea groups is 1. The van der Waals surface area contributed by atoms with E-state index in [1.54, 1.807) is 59.0 Å². The molecule has 0 unspecified atom stereocenters. The van der Waals surface area contributed by atoms with Crippen LogP contribution in [0.4, 0.5) is 22.1 Å². The van der Waals surface area contributed by atoms with Crippen LogP contribution in [0.3, 0.4) is 0 Å². The van der Waals surface area contributed by atoms with E-state index in [-0.39, 0.29) is 49.5 Å². The highest BCUT2D eigenvalue weighted by atomic mass is 32.1. The van der Waals surface area contributed by atoms with Gasteiger partial charge in [0.1, 0.15) is 23.1 Å². The molecule has 6 aromatic rings. The number of hydrogen-bond donors (Lipinski definition) is 5. The minimum Gasteiger partial charge on any atom is -0.391 e. The molecule has 1 aliphatic carbocycles. The predicted octanol–water partition coefficient (Wildman–Crippen LogP) is 6.02. The molecule has 424 valence electrons. The molecule has 3 saturated heterocycles. The number of benzene rings is 2. The topological polar surface area (TPSA) is 222 Å². The third-order valence-corrected chi connectivity index (χ3v) is 17.3. The molecule has 21 heteroatoms. The van der Waals surface area contributed by atoms with Crippen LogP contribution < -0.4 is 26.4 Å². The molecule has 0 radical (unpaired) electrons. The number of hydrogen-bond acceptors (Lipinski definition) is 15. The van der Waals surface area contributed by atoms with E-state index in [1.165, 1.54) is 15.8 Å². The first-order valence-electron chi connectivity index (χ1n) is 28.0. The Morgan fingerprint density at radius 1 is 0.850 bits per heavy atom. The van der Waals surface area contributed by atoms with E-state index in [2.05, 4.69) is 64.3 Å². The Bertz CT molecular complexity index is 3230. The Kier molecular flexibility index (Phi) is 16.6. The number of aliphatic hydroxyl groups excluding tert-OH is 1. The zero-order valence-corrected chi connectivity index (χ0v) is 47.7. The highest BCUT2D eigenvalue weighted by Gasteiger charge is 2.45. The van der Waals surface area contributed by atoms with Crippen LogP contribution in [0.1, 0.15) is 83.7 Å². The van der Waals surface area contributed by atoms with Gasteiger partial charge in [-0.3, -0.25) is 24.2 Å². The molecule has 80 heavy (non-hydrogen) atoms. The Balaban J connectivity index is 0.670. The summed E-state index contributed by atoms with van der Waals surface area (Å²) >= 11 is 1.59. The van der Waals surface area contributed by atoms with Gasteiger partial charge in [-0.1, -0.05) is 57.2 Å². The van der Waals surface area contributed by atoms with Gasteiger partial charge < -0.3 is 40.9 Å². The van der Waals surface area contributed by atoms with Gasteiger partial charge in [-0.05, 0) is 99.4 Å². The number of piperazine rings is 2. The number of thiazole rings is 1. The number of fused-ring (bicyclic) bond motifs is 1. The van der Waals surface area contributed by atoms with Crippen LogP contribution in [0.2, 0.25) is 0 Å². The maximum atomic E-state index is 14.3. The van der Waals surface area contributed by atoms with Crippen molar-refractivity contribution in [2.24, 2.45) is 5.41 Å². The number of likely N-dealkylation sites (tertiary alicyclic amines) is 1. The molecule has 0 spiro atoms. The summed E-state index contributed by atoms with van der Waals surface area (Å²) < 4.78 is 3.16. The van der Waals surface area contributed by atoms with Gasteiger partial charge in [0.05, 0.1) is 34.4 Å². The number of β-amino-alcohol motifs (C(OH)–C–C–N with tert-alkyl or cyclic N) is 1. The van der Waals surface area contributed by atoms with Crippen molar-refractivity contribution in [1.82, 2.24) is 59.5 Å². The first kappa shape index (κ1) is 56.2. The molecule has 4 aromatic heterocycles. The summed E-state index contributed by atoms with van der Waals surface area (Å²) in [5.41, 5.74) is 5.48. The number of aliphatic hydroxyl groups is 2. The SMILES string of the molecule is C=CCn1c(=O)c2cnc(Nc3ccc(N4CCN(C5CCC(N6CCN(C(=O)N[C@H](C(=O)N7C[C@H](O)C[C@H]7C(=O)NCc7ccc(-c8scnc8C)cc7)C(C)(C)C)CC6)CC5)CC4)cc3)nc2n1-c1cccc(C(C)(C)O)n1. The zero-order chi connectivity index (χ0) is 56.5. The Morgan fingerprint density at radius 3 is 2.12 bits per heavy atom. The van der Waals surface area contributed by atoms with Gasteiger partial charge in [-0.2, -0.15) is 4.98 Å². The van der Waals surface area contributed by atoms with Crippen molar-refractivity contribution in [3.63, 3.8) is 0 Å². The molecule has 4 fully saturated rings. The lowest BCUT2D eigenvalue weighted by molar-refractivity contribution is -0.142. The molecule has 3 atom stereocenters. The maximum absolute atomic E-state index is 14.3. The van der Waals surface area contributed by atoms with Crippen LogP contribution in [0.15, 0.2) is 95.9 Å². The van der Waals surface area contributed by atoms with Crippen LogP contribution in [-0.2, 0) is 28.3 Å². The summed E-state index contributed by atoms with van der Waals surface area (Å²) in [5, 5.41) is 31.1. The maximum Gasteiger partial charge on any atom is 0.318 e. The minimum atomic E-state index is -1.18. The van der Waals surface area contributed by atoms with E-state index in [0.717, 1.165) is 98.0 Å². The predicted molar refractivity (Wildman–Crippen MR) is 311 cm³/mol. The van der Waals surface area contributed by atoms with Gasteiger partial charge in [0.25, 0.3) is 5.56 Å². The number of nitrogens with one attached hydrogen (secondary N) is 3. The van der Waals surface area contributed by atoms with Crippen LogP contribution in [0.5, 0.6) is 0 Å². The van der Waals surface area contributed by atoms with E-state index < -0.39 is 29.2 Å². The number of carbonyl (C=O) groups is 3. The Morgan fingerprint density at radius 2 is 1.51 bits per heavy atom. The molecule has 10 rings (SSSR count). The van der Waals surface area contributed by atoms with Crippen molar-refractivity contribution in [3.05, 3.63) is 118 Å². The molecule has 0 bridgehead atoms. The van der Waals surface area contributed by atoms with Crippen molar-refractivity contribution in [3.8, 4) is 16.3 Å². The Labute approximate surface area is 471 Å². The van der Waals surface area contributed by atoms with Crippen LogP contribution in [-0.4, -0.2) is 166 Å². The lowest BCUT2D eigenvalue weighted by atomic mass is 9.85. The average Bonchev–Trinajstić information content (AvgIpc) is 4.16. The summed E-state index contributed by atoms with van der Waals surface area (Å²) in [5.74, 6) is 0.0722. The Hall–Kier alpha value is -7.04. The second kappa shape index (κ2) is 23.6. The third-order valence-electron chi connectivity index (χ3n) is 16.3. The fraction of sp³-hybridized carbons (Fsp3) is 0.492. The van der Waals surface area contributed by atoms with Crippen molar-refractivity contribution >= 4 is 57.5 Å². The molecule has 3 aliphatic heterocycles. The van der Waals surface area contributed by atoms with Gasteiger partial charge in [0.2, 0.25) is 17.8 Å². The number of rotatable bonds is 15. The van der Waals surface area contributed by atoms with Crippen LogP contribution >= 0.6 is 11.3 Å². The zero-order valence-electron chi connectivity index (χ0n) is 46.8. The molecule has 4 aliphatic rings. The van der Waals surface area contributed by atoms with E-state index in [0.29, 0.717) is 53.7 Å². The van der Waals surface area contributed by atoms with Crippen molar-refractivity contribution in [2.45, 2.75) is 123 Å². The summed E-state index contributed by atoms with van der Waals surface area (Å²) in [4.78, 5) is 85.7. The highest BCUT2D eigenvalue weighted by Crippen LogP contribution is 2.32. The van der Waals surface area contributed by atoms with E-state index >= 15 is 0 Å². The summed E-state index contributed by atoms with van der Waals surface area (Å²) in [6.07, 6.45) is 6.96. The number of pyridine rings is 1. The van der Waals surface area contributed by atoms with Crippen LogP contribution in [0, 0.1) is 12.3 Å². The van der Waals surface area contributed by atoms with Gasteiger partial charge in [0, 0.05) is 102 Å². The lowest BCUT2D eigenvalue weighted by Gasteiger charge is -2.46. The summed E-state index contributed by atoms with van der Waals surface area (Å²) in [6.45, 7) is 21.9. The molecule has 5 N–H and O–H groups in total. The summed E-state index contributed by atoms with van der Waals surface area (Å²) in [7, 11) is 0. The number of aromatic nitrogens is 6. The van der Waals surface area contributed by atoms with Crippen molar-refractivity contribution in [1.29, 1.82) is 0 Å². The van der Waals surface area contributed by atoms with Gasteiger partial charge in [-0.25, -0.2) is 29.1 Å². The largest absolute Gasteiger partial charge is 0.391 e. The number of nitrogens with zero attached hydrogens (tertiary/aromatic N) is 11. The first-order chi connectivity index (χ1) is 38.3. The first-order valence-corrected chi connectivity index (χ1v) is 28.9. The number of aryl methyl sites for hydroxylation is 1. The normalized spacial score (nSPS) is 20.9. The lowest BCUT2D eigenvalue weighted by Crippen LogP contribution is -2.61. The molecule has 20 nitrogen and oxygen atoms in total. The van der Waals surface area contributed by atoms with E-state index in [4.69, 9.17) is 4.98 Å². The fourth-order valence-corrected chi connectivity index (χ4v) is 12.6. The second-order valence-electron chi connectivity index (χ2n) is 23.4. The fourth-order valence-electron chi connectivity index (χ4n) is 11.8. The monoisotopic (exact) mass is 1110 g/mol. The molecular formula is C59H76N14O6S. The van der Waals surface area contributed by atoms with Gasteiger partial charge in [-0.15, -0.1) is 17.9 Å². The number of amides is 4. The van der Waals surface area contributed by atoms with Crippen LogP contribution in [0.25, 0.3) is 27.3 Å². The molecule has 4 amide bonds. The second-order valence-corrected chi connectivity index (χ2v) is 24.2. The third kappa shape index (κ3) is 12.3. The van der Waals surface area contributed by atoms with E-state index in [1.807, 2.05) is 69.6 Å². The smallest absolute Gasteiger partial charge is 0.318 e. The minimum absolute atomic E-state index is 0.0220. The quantitative estimate of drug-likeness (QED) is 0.0743. The van der Waals surface area contributed by atoms with Crippen molar-refractivity contribution in [2.75, 3.05) is 69.1 Å². The number of carbonyl (C=O) groups excluding carboxylic acids is 3. The van der Waals surface area contributed by atoms with Gasteiger partial charge >= 0.3 is 6.03 Å². The molecule has 7 heterocycles. The average molecular weight is 1110 g/mol. The number of allylic oxidation sites excluding steroid dienone is 1.